The number of carbonyl (C=O) groups excluding carboxylic acids is 1. The van der Waals surface area contributed by atoms with Gasteiger partial charge in [0.1, 0.15) is 18.8 Å². The maximum atomic E-state index is 12.4. The molecule has 1 aliphatic rings. The molecule has 0 unspecified atom stereocenters. The molecule has 0 radical (unpaired) electrons. The number of methoxy groups -OCH3 is 1. The third-order valence-corrected chi connectivity index (χ3v) is 4.30. The molecule has 1 fully saturated rings. The van der Waals surface area contributed by atoms with Gasteiger partial charge in [-0.25, -0.2) is 14.5 Å². The molecule has 6 heteroatoms. The summed E-state index contributed by atoms with van der Waals surface area (Å²) in [6.45, 7) is 1.90. The van der Waals surface area contributed by atoms with Crippen molar-refractivity contribution in [1.29, 1.82) is 0 Å². The summed E-state index contributed by atoms with van der Waals surface area (Å²) >= 11 is 0. The van der Waals surface area contributed by atoms with Crippen LogP contribution in [0.2, 0.25) is 0 Å². The second-order valence-corrected chi connectivity index (χ2v) is 5.89. The van der Waals surface area contributed by atoms with Crippen LogP contribution in [-0.4, -0.2) is 40.1 Å². The maximum absolute atomic E-state index is 12.4. The van der Waals surface area contributed by atoms with Crippen molar-refractivity contribution < 1.29 is 14.3 Å². The lowest BCUT2D eigenvalue weighted by Crippen LogP contribution is -2.29. The Labute approximate surface area is 135 Å². The Morgan fingerprint density at radius 3 is 2.83 bits per heavy atom. The van der Waals surface area contributed by atoms with Gasteiger partial charge in [0.05, 0.1) is 17.4 Å². The van der Waals surface area contributed by atoms with Crippen LogP contribution in [0.3, 0.4) is 0 Å². The van der Waals surface area contributed by atoms with Crippen LogP contribution in [0.5, 0.6) is 0 Å². The zero-order valence-corrected chi connectivity index (χ0v) is 13.4. The molecule has 2 atom stereocenters. The number of aryl methyl sites for hydroxylation is 1. The molecule has 1 heterocycles. The zero-order valence-electron chi connectivity index (χ0n) is 13.4. The number of ether oxygens (including phenoxy) is 2. The first-order valence-corrected chi connectivity index (χ1v) is 7.87. The van der Waals surface area contributed by atoms with Crippen molar-refractivity contribution in [2.24, 2.45) is 0 Å². The predicted molar refractivity (Wildman–Crippen MR) is 84.6 cm³/mol. The number of aromatic nitrogens is 3. The molecule has 122 valence electrons. The second kappa shape index (κ2) is 6.91. The van der Waals surface area contributed by atoms with Gasteiger partial charge in [-0.05, 0) is 49.9 Å². The minimum Gasteiger partial charge on any atom is -0.459 e. The molecular weight excluding hydrogens is 294 g/mol. The minimum absolute atomic E-state index is 0.0596. The highest BCUT2D eigenvalue weighted by molar-refractivity contribution is 5.91. The van der Waals surface area contributed by atoms with Gasteiger partial charge in [0.15, 0.2) is 0 Å². The predicted octanol–water partition coefficient (Wildman–Crippen LogP) is 2.69. The Bertz CT molecular complexity index is 670. The second-order valence-electron chi connectivity index (χ2n) is 5.89. The monoisotopic (exact) mass is 315 g/mol. The first-order valence-electron chi connectivity index (χ1n) is 7.87. The van der Waals surface area contributed by atoms with Crippen LogP contribution in [0, 0.1) is 6.92 Å². The van der Waals surface area contributed by atoms with Crippen molar-refractivity contribution in [2.45, 2.75) is 44.8 Å². The summed E-state index contributed by atoms with van der Waals surface area (Å²) in [5.41, 5.74) is 2.32. The number of rotatable bonds is 4. The number of nitrogens with zero attached hydrogens (tertiary/aromatic N) is 3. The van der Waals surface area contributed by atoms with Crippen molar-refractivity contribution >= 4 is 5.97 Å². The van der Waals surface area contributed by atoms with Gasteiger partial charge in [-0.3, -0.25) is 0 Å². The smallest absolute Gasteiger partial charge is 0.338 e. The highest BCUT2D eigenvalue weighted by Gasteiger charge is 2.25. The summed E-state index contributed by atoms with van der Waals surface area (Å²) in [7, 11) is 1.71. The summed E-state index contributed by atoms with van der Waals surface area (Å²) in [6.07, 6.45) is 6.98. The van der Waals surface area contributed by atoms with Crippen LogP contribution in [0.1, 0.15) is 41.6 Å². The lowest BCUT2D eigenvalue weighted by molar-refractivity contribution is -0.0149. The maximum Gasteiger partial charge on any atom is 0.338 e. The first kappa shape index (κ1) is 15.7. The van der Waals surface area contributed by atoms with Crippen LogP contribution in [-0.2, 0) is 9.47 Å². The summed E-state index contributed by atoms with van der Waals surface area (Å²) in [5, 5.41) is 4.09. The standard InChI is InChI=1S/C17H21N3O3/c1-12-8-13(20-11-18-10-19-20)6-7-16(12)17(21)23-15-5-3-4-14(9-15)22-2/h6-8,10-11,14-15H,3-5,9H2,1-2H3/t14-,15+/m0/s1. The van der Waals surface area contributed by atoms with E-state index in [1.165, 1.54) is 6.33 Å². The number of benzene rings is 1. The normalized spacial score (nSPS) is 21.1. The average Bonchev–Trinajstić information content (AvgIpc) is 3.09. The topological polar surface area (TPSA) is 66.2 Å². The molecule has 0 N–H and O–H groups in total. The molecule has 0 spiro atoms. The van der Waals surface area contributed by atoms with Crippen molar-refractivity contribution in [3.05, 3.63) is 42.0 Å². The fourth-order valence-corrected chi connectivity index (χ4v) is 3.00. The van der Waals surface area contributed by atoms with E-state index >= 15 is 0 Å². The third kappa shape index (κ3) is 3.59. The first-order chi connectivity index (χ1) is 11.2. The number of esters is 1. The molecular formula is C17H21N3O3. The zero-order chi connectivity index (χ0) is 16.2. The Morgan fingerprint density at radius 2 is 2.13 bits per heavy atom. The lowest BCUT2D eigenvalue weighted by atomic mass is 9.95. The molecule has 0 saturated heterocycles. The van der Waals surface area contributed by atoms with E-state index in [1.54, 1.807) is 24.2 Å². The van der Waals surface area contributed by atoms with Crippen molar-refractivity contribution in [1.82, 2.24) is 14.8 Å². The molecule has 1 aromatic heterocycles. The summed E-state index contributed by atoms with van der Waals surface area (Å²) in [6, 6.07) is 5.53. The quantitative estimate of drug-likeness (QED) is 0.812. The number of hydrogen-bond donors (Lipinski definition) is 0. The highest BCUT2D eigenvalue weighted by atomic mass is 16.5. The number of carbonyl (C=O) groups is 1. The molecule has 0 bridgehead atoms. The van der Waals surface area contributed by atoms with Crippen LogP contribution in [0.25, 0.3) is 5.69 Å². The van der Waals surface area contributed by atoms with Crippen molar-refractivity contribution in [3.8, 4) is 5.69 Å². The van der Waals surface area contributed by atoms with Gasteiger partial charge >= 0.3 is 5.97 Å². The molecule has 1 aromatic carbocycles. The Morgan fingerprint density at radius 1 is 1.30 bits per heavy atom. The van der Waals surface area contributed by atoms with Gasteiger partial charge in [0.25, 0.3) is 0 Å². The van der Waals surface area contributed by atoms with Gasteiger partial charge in [-0.15, -0.1) is 0 Å². The molecule has 0 aliphatic heterocycles. The van der Waals surface area contributed by atoms with Crippen LogP contribution >= 0.6 is 0 Å². The average molecular weight is 315 g/mol. The molecule has 1 aliphatic carbocycles. The fraction of sp³-hybridized carbons (Fsp3) is 0.471. The number of hydrogen-bond acceptors (Lipinski definition) is 5. The SMILES string of the molecule is CO[C@H]1CCC[C@@H](OC(=O)c2ccc(-n3cncn3)cc2C)C1. The summed E-state index contributed by atoms with van der Waals surface area (Å²) in [4.78, 5) is 16.4. The highest BCUT2D eigenvalue weighted by Crippen LogP contribution is 2.24. The summed E-state index contributed by atoms with van der Waals surface area (Å²) in [5.74, 6) is -0.269. The van der Waals surface area contributed by atoms with E-state index in [0.717, 1.165) is 36.9 Å². The van der Waals surface area contributed by atoms with Gasteiger partial charge in [0, 0.05) is 13.5 Å². The summed E-state index contributed by atoms with van der Waals surface area (Å²) < 4.78 is 12.7. The fourth-order valence-electron chi connectivity index (χ4n) is 3.00. The Hall–Kier alpha value is -2.21. The van der Waals surface area contributed by atoms with Crippen LogP contribution in [0.15, 0.2) is 30.9 Å². The van der Waals surface area contributed by atoms with E-state index in [4.69, 9.17) is 9.47 Å². The lowest BCUT2D eigenvalue weighted by Gasteiger charge is -2.28. The molecule has 2 aromatic rings. The van der Waals surface area contributed by atoms with Crippen LogP contribution < -0.4 is 0 Å². The van der Waals surface area contributed by atoms with E-state index in [9.17, 15) is 4.79 Å². The van der Waals surface area contributed by atoms with E-state index < -0.39 is 0 Å². The molecule has 6 nitrogen and oxygen atoms in total. The van der Waals surface area contributed by atoms with Crippen LogP contribution in [0.4, 0.5) is 0 Å². The van der Waals surface area contributed by atoms with Gasteiger partial charge in [-0.1, -0.05) is 0 Å². The molecule has 1 saturated carbocycles. The van der Waals surface area contributed by atoms with E-state index in [-0.39, 0.29) is 18.2 Å². The molecule has 3 rings (SSSR count). The van der Waals surface area contributed by atoms with E-state index in [2.05, 4.69) is 10.1 Å². The largest absolute Gasteiger partial charge is 0.459 e. The van der Waals surface area contributed by atoms with Gasteiger partial charge < -0.3 is 9.47 Å². The van der Waals surface area contributed by atoms with Gasteiger partial charge in [-0.2, -0.15) is 5.10 Å². The van der Waals surface area contributed by atoms with E-state index in [1.807, 2.05) is 19.1 Å². The van der Waals surface area contributed by atoms with Crippen molar-refractivity contribution in [2.75, 3.05) is 7.11 Å². The molecule has 0 amide bonds. The van der Waals surface area contributed by atoms with E-state index in [0.29, 0.717) is 5.56 Å². The Balaban J connectivity index is 1.70. The Kier molecular flexibility index (Phi) is 4.71. The van der Waals surface area contributed by atoms with Crippen molar-refractivity contribution in [3.63, 3.8) is 0 Å². The third-order valence-electron chi connectivity index (χ3n) is 4.30. The van der Waals surface area contributed by atoms with Gasteiger partial charge in [0.2, 0.25) is 0 Å². The minimum atomic E-state index is -0.269. The molecule has 23 heavy (non-hydrogen) atoms.